The van der Waals surface area contributed by atoms with E-state index >= 15 is 0 Å². The Hall–Kier alpha value is -0.390. The maximum Gasteiger partial charge on any atom is 0.0738 e. The third-order valence-corrected chi connectivity index (χ3v) is 5.58. The van der Waals surface area contributed by atoms with Crippen molar-refractivity contribution in [3.8, 4) is 0 Å². The minimum atomic E-state index is -0.177. The van der Waals surface area contributed by atoms with Gasteiger partial charge in [-0.25, -0.2) is 0 Å². The first kappa shape index (κ1) is 13.6. The van der Waals surface area contributed by atoms with Gasteiger partial charge in [0.05, 0.1) is 28.9 Å². The van der Waals surface area contributed by atoms with E-state index in [4.69, 9.17) is 0 Å². The summed E-state index contributed by atoms with van der Waals surface area (Å²) in [5.41, 5.74) is 1.99. The van der Waals surface area contributed by atoms with Crippen LogP contribution in [-0.4, -0.2) is 33.1 Å². The van der Waals surface area contributed by atoms with Crippen LogP contribution in [0.25, 0.3) is 0 Å². The normalized spacial score (nSPS) is 22.5. The molecule has 2 aliphatic carbocycles. The summed E-state index contributed by atoms with van der Waals surface area (Å²) in [6, 6.07) is 0.605. The number of hydrogen-bond acceptors (Lipinski definition) is 3. The molecule has 2 saturated carbocycles. The number of aryl methyl sites for hydroxylation is 1. The van der Waals surface area contributed by atoms with Crippen LogP contribution in [-0.2, 0) is 6.54 Å². The monoisotopic (exact) mass is 327 g/mol. The molecule has 4 nitrogen and oxygen atoms in total. The second-order valence-electron chi connectivity index (χ2n) is 6.15. The maximum atomic E-state index is 9.98. The Morgan fingerprint density at radius 2 is 2.05 bits per heavy atom. The number of halogens is 1. The molecule has 0 aromatic carbocycles. The topological polar surface area (TPSA) is 50.1 Å². The molecule has 1 atom stereocenters. The number of nitrogens with zero attached hydrogens (tertiary/aromatic N) is 2. The molecule has 5 heteroatoms. The highest BCUT2D eigenvalue weighted by atomic mass is 79.9. The van der Waals surface area contributed by atoms with Gasteiger partial charge in [-0.2, -0.15) is 5.10 Å². The summed E-state index contributed by atoms with van der Waals surface area (Å²) in [6.45, 7) is 5.06. The standard InChI is InChI=1S/C14H22BrN3O/c1-9-13(15)10(2)18(17-9)7-14(8-19,11-3-4-11)16-12-5-6-12/h11-12,16,19H,3-8H2,1-2H3. The van der Waals surface area contributed by atoms with E-state index in [1.54, 1.807) is 0 Å². The average Bonchev–Trinajstić information content (AvgIpc) is 3.26. The van der Waals surface area contributed by atoms with Crippen molar-refractivity contribution in [2.24, 2.45) is 5.92 Å². The van der Waals surface area contributed by atoms with Crippen LogP contribution in [0.1, 0.15) is 37.1 Å². The van der Waals surface area contributed by atoms with Crippen LogP contribution in [0.2, 0.25) is 0 Å². The molecule has 0 radical (unpaired) electrons. The SMILES string of the molecule is Cc1nn(CC(CO)(NC2CC2)C2CC2)c(C)c1Br. The summed E-state index contributed by atoms with van der Waals surface area (Å²) in [6.07, 6.45) is 4.94. The van der Waals surface area contributed by atoms with Crippen LogP contribution < -0.4 is 5.32 Å². The largest absolute Gasteiger partial charge is 0.394 e. The van der Waals surface area contributed by atoms with Crippen molar-refractivity contribution >= 4 is 15.9 Å². The van der Waals surface area contributed by atoms with E-state index in [2.05, 4.69) is 33.3 Å². The Morgan fingerprint density at radius 3 is 2.47 bits per heavy atom. The first-order chi connectivity index (χ1) is 9.05. The second kappa shape index (κ2) is 4.86. The minimum Gasteiger partial charge on any atom is -0.394 e. The Bertz CT molecular complexity index is 479. The molecule has 0 amide bonds. The van der Waals surface area contributed by atoms with E-state index in [9.17, 15) is 5.11 Å². The molecular weight excluding hydrogens is 306 g/mol. The Balaban J connectivity index is 1.85. The summed E-state index contributed by atoms with van der Waals surface area (Å²) in [4.78, 5) is 0. The molecule has 1 heterocycles. The van der Waals surface area contributed by atoms with E-state index in [-0.39, 0.29) is 12.1 Å². The van der Waals surface area contributed by atoms with Gasteiger partial charge in [-0.3, -0.25) is 4.68 Å². The van der Waals surface area contributed by atoms with Crippen molar-refractivity contribution in [2.75, 3.05) is 6.61 Å². The Morgan fingerprint density at radius 1 is 1.37 bits per heavy atom. The predicted octanol–water partition coefficient (Wildman–Crippen LogP) is 2.16. The number of nitrogens with one attached hydrogen (secondary N) is 1. The molecule has 2 N–H and O–H groups in total. The van der Waals surface area contributed by atoms with Gasteiger partial charge in [0, 0.05) is 11.7 Å². The highest BCUT2D eigenvalue weighted by Crippen LogP contribution is 2.42. The molecule has 2 fully saturated rings. The van der Waals surface area contributed by atoms with Crippen molar-refractivity contribution in [3.05, 3.63) is 15.9 Å². The molecule has 0 aliphatic heterocycles. The molecule has 1 unspecified atom stereocenters. The van der Waals surface area contributed by atoms with Gasteiger partial charge in [-0.05, 0) is 61.4 Å². The fourth-order valence-corrected chi connectivity index (χ4v) is 3.17. The van der Waals surface area contributed by atoms with Crippen LogP contribution in [0.3, 0.4) is 0 Å². The van der Waals surface area contributed by atoms with Gasteiger partial charge in [-0.15, -0.1) is 0 Å². The van der Waals surface area contributed by atoms with Crippen molar-refractivity contribution in [1.82, 2.24) is 15.1 Å². The quantitative estimate of drug-likeness (QED) is 0.841. The van der Waals surface area contributed by atoms with E-state index < -0.39 is 0 Å². The van der Waals surface area contributed by atoms with E-state index in [1.807, 2.05) is 11.6 Å². The summed E-state index contributed by atoms with van der Waals surface area (Å²) in [7, 11) is 0. The highest BCUT2D eigenvalue weighted by Gasteiger charge is 2.48. The highest BCUT2D eigenvalue weighted by molar-refractivity contribution is 9.10. The van der Waals surface area contributed by atoms with E-state index in [0.29, 0.717) is 12.0 Å². The second-order valence-corrected chi connectivity index (χ2v) is 6.94. The molecule has 0 saturated heterocycles. The van der Waals surface area contributed by atoms with Crippen LogP contribution in [0, 0.1) is 19.8 Å². The van der Waals surface area contributed by atoms with Crippen molar-refractivity contribution in [3.63, 3.8) is 0 Å². The fraction of sp³-hybridized carbons (Fsp3) is 0.786. The lowest BCUT2D eigenvalue weighted by atomic mass is 9.93. The van der Waals surface area contributed by atoms with Crippen LogP contribution in [0.4, 0.5) is 0 Å². The van der Waals surface area contributed by atoms with Crippen LogP contribution >= 0.6 is 15.9 Å². The molecule has 19 heavy (non-hydrogen) atoms. The molecule has 3 rings (SSSR count). The van der Waals surface area contributed by atoms with Gasteiger partial charge < -0.3 is 10.4 Å². The zero-order valence-corrected chi connectivity index (χ0v) is 13.2. The van der Waals surface area contributed by atoms with Gasteiger partial charge in [0.1, 0.15) is 0 Å². The van der Waals surface area contributed by atoms with Gasteiger partial charge in [-0.1, -0.05) is 0 Å². The minimum absolute atomic E-state index is 0.177. The zero-order valence-electron chi connectivity index (χ0n) is 11.6. The Kier molecular flexibility index (Phi) is 3.48. The molecule has 1 aromatic rings. The van der Waals surface area contributed by atoms with Gasteiger partial charge in [0.25, 0.3) is 0 Å². The summed E-state index contributed by atoms with van der Waals surface area (Å²) in [5, 5.41) is 18.3. The fourth-order valence-electron chi connectivity index (χ4n) is 2.88. The first-order valence-electron chi connectivity index (χ1n) is 7.14. The smallest absolute Gasteiger partial charge is 0.0738 e. The summed E-state index contributed by atoms with van der Waals surface area (Å²) < 4.78 is 3.13. The molecule has 2 aliphatic rings. The van der Waals surface area contributed by atoms with Crippen molar-refractivity contribution < 1.29 is 5.11 Å². The van der Waals surface area contributed by atoms with E-state index in [1.165, 1.54) is 25.7 Å². The number of aliphatic hydroxyl groups is 1. The lowest BCUT2D eigenvalue weighted by Gasteiger charge is -2.34. The lowest BCUT2D eigenvalue weighted by Crippen LogP contribution is -2.55. The first-order valence-corrected chi connectivity index (χ1v) is 7.93. The lowest BCUT2D eigenvalue weighted by molar-refractivity contribution is 0.115. The van der Waals surface area contributed by atoms with Gasteiger partial charge in [0.15, 0.2) is 0 Å². The van der Waals surface area contributed by atoms with Crippen molar-refractivity contribution in [1.29, 1.82) is 0 Å². The van der Waals surface area contributed by atoms with Gasteiger partial charge in [0.2, 0.25) is 0 Å². The predicted molar refractivity (Wildman–Crippen MR) is 78.1 cm³/mol. The zero-order chi connectivity index (χ0) is 13.6. The number of rotatable bonds is 6. The third-order valence-electron chi connectivity index (χ3n) is 4.44. The summed E-state index contributed by atoms with van der Waals surface area (Å²) in [5.74, 6) is 0.598. The molecule has 0 bridgehead atoms. The number of hydrogen-bond donors (Lipinski definition) is 2. The van der Waals surface area contributed by atoms with Crippen LogP contribution in [0.15, 0.2) is 4.47 Å². The third kappa shape index (κ3) is 2.60. The van der Waals surface area contributed by atoms with E-state index in [0.717, 1.165) is 22.4 Å². The Labute approximate surface area is 122 Å². The molecule has 1 aromatic heterocycles. The number of aromatic nitrogens is 2. The maximum absolute atomic E-state index is 9.98. The average molecular weight is 328 g/mol. The molecular formula is C14H22BrN3O. The van der Waals surface area contributed by atoms with Crippen LogP contribution in [0.5, 0.6) is 0 Å². The van der Waals surface area contributed by atoms with Gasteiger partial charge >= 0.3 is 0 Å². The summed E-state index contributed by atoms with van der Waals surface area (Å²) >= 11 is 3.58. The molecule has 106 valence electrons. The molecule has 0 spiro atoms. The number of aliphatic hydroxyl groups excluding tert-OH is 1. The van der Waals surface area contributed by atoms with Crippen molar-refractivity contribution in [2.45, 2.75) is 57.7 Å².